The summed E-state index contributed by atoms with van der Waals surface area (Å²) in [5, 5.41) is 0. The predicted molar refractivity (Wildman–Crippen MR) is 71.1 cm³/mol. The van der Waals surface area contributed by atoms with E-state index in [4.69, 9.17) is 4.55 Å². The van der Waals surface area contributed by atoms with Crippen molar-refractivity contribution in [2.24, 2.45) is 0 Å². The highest BCUT2D eigenvalue weighted by molar-refractivity contribution is 7.85. The molecular formula is C13H19NO3S. The van der Waals surface area contributed by atoms with E-state index in [0.29, 0.717) is 6.42 Å². The second-order valence-electron chi connectivity index (χ2n) is 4.79. The van der Waals surface area contributed by atoms with Crippen LogP contribution in [0.3, 0.4) is 0 Å². The van der Waals surface area contributed by atoms with Crippen molar-refractivity contribution in [3.05, 3.63) is 35.4 Å². The van der Waals surface area contributed by atoms with E-state index in [-0.39, 0.29) is 5.75 Å². The van der Waals surface area contributed by atoms with Gasteiger partial charge in [0.25, 0.3) is 10.1 Å². The summed E-state index contributed by atoms with van der Waals surface area (Å²) in [6.45, 7) is 2.87. The molecule has 0 radical (unpaired) electrons. The third kappa shape index (κ3) is 4.08. The summed E-state index contributed by atoms with van der Waals surface area (Å²) in [7, 11) is -3.79. The summed E-state index contributed by atoms with van der Waals surface area (Å²) in [5.74, 6) is -0.128. The Bertz CT molecular complexity index is 499. The Morgan fingerprint density at radius 1 is 1.17 bits per heavy atom. The number of rotatable bonds is 5. The molecule has 1 aliphatic rings. The highest BCUT2D eigenvalue weighted by Crippen LogP contribution is 2.18. The first-order valence-electron chi connectivity index (χ1n) is 6.29. The summed E-state index contributed by atoms with van der Waals surface area (Å²) in [4.78, 5) is 2.34. The van der Waals surface area contributed by atoms with Gasteiger partial charge in [-0.05, 0) is 36.9 Å². The molecule has 1 aromatic carbocycles. The van der Waals surface area contributed by atoms with Crippen LogP contribution in [-0.2, 0) is 23.1 Å². The fourth-order valence-electron chi connectivity index (χ4n) is 2.36. The minimum absolute atomic E-state index is 0.128. The van der Waals surface area contributed by atoms with Crippen molar-refractivity contribution < 1.29 is 13.0 Å². The molecule has 0 atom stereocenters. The normalized spacial score (nSPS) is 16.5. The van der Waals surface area contributed by atoms with Crippen LogP contribution in [0.4, 0.5) is 0 Å². The SMILES string of the molecule is O=S(=O)(O)CCCCN1CCc2ccccc2C1. The summed E-state index contributed by atoms with van der Waals surface area (Å²) < 4.78 is 29.8. The van der Waals surface area contributed by atoms with E-state index in [2.05, 4.69) is 29.2 Å². The minimum Gasteiger partial charge on any atom is -0.299 e. The lowest BCUT2D eigenvalue weighted by Crippen LogP contribution is -2.31. The van der Waals surface area contributed by atoms with Crippen LogP contribution in [0, 0.1) is 0 Å². The topological polar surface area (TPSA) is 57.6 Å². The Balaban J connectivity index is 1.77. The van der Waals surface area contributed by atoms with Crippen molar-refractivity contribution in [2.45, 2.75) is 25.8 Å². The summed E-state index contributed by atoms with van der Waals surface area (Å²) in [5.41, 5.74) is 2.80. The molecule has 1 aromatic rings. The van der Waals surface area contributed by atoms with Gasteiger partial charge in [-0.25, -0.2) is 0 Å². The van der Waals surface area contributed by atoms with Gasteiger partial charge >= 0.3 is 0 Å². The van der Waals surface area contributed by atoms with Crippen molar-refractivity contribution in [3.63, 3.8) is 0 Å². The summed E-state index contributed by atoms with van der Waals surface area (Å²) in [6.07, 6.45) is 2.40. The molecule has 0 saturated heterocycles. The van der Waals surface area contributed by atoms with Crippen LogP contribution in [0.2, 0.25) is 0 Å². The Labute approximate surface area is 108 Å². The second-order valence-corrected chi connectivity index (χ2v) is 6.36. The largest absolute Gasteiger partial charge is 0.299 e. The zero-order valence-electron chi connectivity index (χ0n) is 10.4. The van der Waals surface area contributed by atoms with Gasteiger partial charge in [0.05, 0.1) is 5.75 Å². The van der Waals surface area contributed by atoms with Gasteiger partial charge in [-0.2, -0.15) is 8.42 Å². The average Bonchev–Trinajstić information content (AvgIpc) is 2.33. The lowest BCUT2D eigenvalue weighted by atomic mass is 10.00. The van der Waals surface area contributed by atoms with Gasteiger partial charge in [-0.15, -0.1) is 0 Å². The molecule has 0 fully saturated rings. The molecule has 4 nitrogen and oxygen atoms in total. The van der Waals surface area contributed by atoms with E-state index >= 15 is 0 Å². The monoisotopic (exact) mass is 269 g/mol. The number of benzene rings is 1. The highest BCUT2D eigenvalue weighted by atomic mass is 32.2. The van der Waals surface area contributed by atoms with Crippen molar-refractivity contribution in [1.82, 2.24) is 4.90 Å². The van der Waals surface area contributed by atoms with Crippen LogP contribution in [0.25, 0.3) is 0 Å². The Morgan fingerprint density at radius 3 is 2.61 bits per heavy atom. The molecule has 1 N–H and O–H groups in total. The standard InChI is InChI=1S/C13H19NO3S/c15-18(16,17)10-4-3-8-14-9-7-12-5-1-2-6-13(12)11-14/h1-2,5-6H,3-4,7-11H2,(H,15,16,17). The van der Waals surface area contributed by atoms with Gasteiger partial charge in [0.1, 0.15) is 0 Å². The zero-order valence-corrected chi connectivity index (χ0v) is 11.2. The van der Waals surface area contributed by atoms with Crippen LogP contribution in [0.15, 0.2) is 24.3 Å². The Kier molecular flexibility index (Phi) is 4.37. The molecule has 0 amide bonds. The van der Waals surface area contributed by atoms with Gasteiger partial charge in [0.2, 0.25) is 0 Å². The molecule has 18 heavy (non-hydrogen) atoms. The summed E-state index contributed by atoms with van der Waals surface area (Å²) >= 11 is 0. The lowest BCUT2D eigenvalue weighted by Gasteiger charge is -2.28. The van der Waals surface area contributed by atoms with Crippen molar-refractivity contribution in [2.75, 3.05) is 18.8 Å². The fraction of sp³-hybridized carbons (Fsp3) is 0.538. The van der Waals surface area contributed by atoms with Crippen molar-refractivity contribution >= 4 is 10.1 Å². The van der Waals surface area contributed by atoms with E-state index < -0.39 is 10.1 Å². The molecule has 0 saturated carbocycles. The van der Waals surface area contributed by atoms with Gasteiger partial charge < -0.3 is 0 Å². The van der Waals surface area contributed by atoms with Gasteiger partial charge in [0.15, 0.2) is 0 Å². The maximum Gasteiger partial charge on any atom is 0.264 e. The average molecular weight is 269 g/mol. The van der Waals surface area contributed by atoms with Crippen LogP contribution in [0.5, 0.6) is 0 Å². The first-order valence-corrected chi connectivity index (χ1v) is 7.90. The van der Waals surface area contributed by atoms with Crippen LogP contribution < -0.4 is 0 Å². The van der Waals surface area contributed by atoms with E-state index in [1.165, 1.54) is 11.1 Å². The third-order valence-electron chi connectivity index (χ3n) is 3.34. The molecule has 5 heteroatoms. The zero-order chi connectivity index (χ0) is 13.0. The third-order valence-corrected chi connectivity index (χ3v) is 4.14. The summed E-state index contributed by atoms with van der Waals surface area (Å²) in [6, 6.07) is 8.45. The van der Waals surface area contributed by atoms with Gasteiger partial charge in [-0.3, -0.25) is 9.45 Å². The van der Waals surface area contributed by atoms with E-state index in [9.17, 15) is 8.42 Å². The minimum atomic E-state index is -3.79. The van der Waals surface area contributed by atoms with Crippen LogP contribution in [0.1, 0.15) is 24.0 Å². The number of hydrogen-bond acceptors (Lipinski definition) is 3. The molecule has 0 aromatic heterocycles. The molecule has 100 valence electrons. The molecule has 0 bridgehead atoms. The van der Waals surface area contributed by atoms with Crippen molar-refractivity contribution in [3.8, 4) is 0 Å². The van der Waals surface area contributed by atoms with Crippen LogP contribution in [-0.4, -0.2) is 36.7 Å². The smallest absolute Gasteiger partial charge is 0.264 e. The fourth-order valence-corrected chi connectivity index (χ4v) is 2.93. The number of fused-ring (bicyclic) bond motifs is 1. The van der Waals surface area contributed by atoms with Gasteiger partial charge in [-0.1, -0.05) is 24.3 Å². The van der Waals surface area contributed by atoms with E-state index in [1.807, 2.05) is 0 Å². The van der Waals surface area contributed by atoms with E-state index in [0.717, 1.165) is 32.5 Å². The van der Waals surface area contributed by atoms with Crippen molar-refractivity contribution in [1.29, 1.82) is 0 Å². The quantitative estimate of drug-likeness (QED) is 0.653. The predicted octanol–water partition coefficient (Wildman–Crippen LogP) is 1.71. The molecule has 2 rings (SSSR count). The molecular weight excluding hydrogens is 250 g/mol. The number of hydrogen-bond donors (Lipinski definition) is 1. The molecule has 0 spiro atoms. The molecule has 1 aliphatic heterocycles. The van der Waals surface area contributed by atoms with Gasteiger partial charge in [0, 0.05) is 13.1 Å². The molecule has 1 heterocycles. The highest BCUT2D eigenvalue weighted by Gasteiger charge is 2.15. The number of nitrogens with zero attached hydrogens (tertiary/aromatic N) is 1. The van der Waals surface area contributed by atoms with E-state index in [1.54, 1.807) is 0 Å². The molecule has 0 unspecified atom stereocenters. The Morgan fingerprint density at radius 2 is 1.89 bits per heavy atom. The first kappa shape index (κ1) is 13.5. The first-order chi connectivity index (χ1) is 8.54. The second kappa shape index (κ2) is 5.82. The lowest BCUT2D eigenvalue weighted by molar-refractivity contribution is 0.250. The Hall–Kier alpha value is -0.910. The van der Waals surface area contributed by atoms with Crippen LogP contribution >= 0.6 is 0 Å². The number of unbranched alkanes of at least 4 members (excludes halogenated alkanes) is 1. The maximum absolute atomic E-state index is 10.6. The molecule has 0 aliphatic carbocycles. The maximum atomic E-state index is 10.6.